The smallest absolute Gasteiger partial charge is 0.243 e. The van der Waals surface area contributed by atoms with Gasteiger partial charge in [-0.1, -0.05) is 53.5 Å². The van der Waals surface area contributed by atoms with E-state index in [1.165, 1.54) is 28.6 Å². The van der Waals surface area contributed by atoms with Gasteiger partial charge in [0.05, 0.1) is 10.4 Å². The first-order valence-corrected chi connectivity index (χ1v) is 15.5. The van der Waals surface area contributed by atoms with Gasteiger partial charge in [0.15, 0.2) is 5.82 Å². The van der Waals surface area contributed by atoms with Crippen LogP contribution >= 0.6 is 23.2 Å². The lowest BCUT2D eigenvalue weighted by atomic mass is 9.85. The van der Waals surface area contributed by atoms with Crippen LogP contribution in [0.2, 0.25) is 10.0 Å². The van der Waals surface area contributed by atoms with Crippen LogP contribution < -0.4 is 5.32 Å². The van der Waals surface area contributed by atoms with Gasteiger partial charge in [0.25, 0.3) is 0 Å². The Morgan fingerprint density at radius 1 is 0.829 bits per heavy atom. The van der Waals surface area contributed by atoms with Gasteiger partial charge in [0, 0.05) is 40.5 Å². The quantitative estimate of drug-likeness (QED) is 0.173. The van der Waals surface area contributed by atoms with Crippen molar-refractivity contribution in [2.45, 2.75) is 29.7 Å². The largest absolute Gasteiger partial charge is 0.508 e. The minimum Gasteiger partial charge on any atom is -0.508 e. The van der Waals surface area contributed by atoms with Crippen LogP contribution in [0.4, 0.5) is 5.82 Å². The van der Waals surface area contributed by atoms with Gasteiger partial charge < -0.3 is 10.4 Å². The Kier molecular flexibility index (Phi) is 7.66. The van der Waals surface area contributed by atoms with E-state index in [2.05, 4.69) is 27.6 Å². The number of rotatable bonds is 7. The molecule has 10 heteroatoms. The Bertz CT molecular complexity index is 1720. The van der Waals surface area contributed by atoms with E-state index in [1.54, 1.807) is 0 Å². The zero-order valence-corrected chi connectivity index (χ0v) is 24.3. The van der Waals surface area contributed by atoms with Crippen molar-refractivity contribution >= 4 is 49.9 Å². The number of nitrogens with one attached hydrogen (secondary N) is 2. The number of phenols is 1. The zero-order valence-electron chi connectivity index (χ0n) is 22.0. The molecule has 5 aromatic rings. The molecule has 1 fully saturated rings. The molecule has 2 heterocycles. The highest BCUT2D eigenvalue weighted by Gasteiger charge is 2.30. The number of aromatic amines is 1. The molecule has 0 spiro atoms. The Labute approximate surface area is 248 Å². The van der Waals surface area contributed by atoms with Crippen molar-refractivity contribution in [2.75, 3.05) is 18.4 Å². The second-order valence-electron chi connectivity index (χ2n) is 10.2. The third-order valence-corrected chi connectivity index (χ3v) is 10.0. The number of sulfonamides is 1. The van der Waals surface area contributed by atoms with E-state index < -0.39 is 10.0 Å². The summed E-state index contributed by atoms with van der Waals surface area (Å²) in [5, 5.41) is 23.1. The predicted molar refractivity (Wildman–Crippen MR) is 163 cm³/mol. The minimum atomic E-state index is -3.62. The summed E-state index contributed by atoms with van der Waals surface area (Å²) in [4.78, 5) is 0.184. The molecule has 0 saturated carbocycles. The lowest BCUT2D eigenvalue weighted by Gasteiger charge is -2.31. The molecule has 210 valence electrons. The summed E-state index contributed by atoms with van der Waals surface area (Å²) in [6.07, 6.45) is 1.28. The van der Waals surface area contributed by atoms with Gasteiger partial charge in [-0.05, 0) is 90.2 Å². The van der Waals surface area contributed by atoms with E-state index in [1.807, 2.05) is 54.6 Å². The third-order valence-electron chi connectivity index (χ3n) is 7.60. The predicted octanol–water partition coefficient (Wildman–Crippen LogP) is 7.02. The summed E-state index contributed by atoms with van der Waals surface area (Å²) in [6, 6.07) is 27.8. The van der Waals surface area contributed by atoms with Crippen LogP contribution in [-0.2, 0) is 10.0 Å². The van der Waals surface area contributed by atoms with Crippen LogP contribution in [0.5, 0.6) is 5.75 Å². The third kappa shape index (κ3) is 5.78. The first-order chi connectivity index (χ1) is 19.8. The Morgan fingerprint density at radius 3 is 1.98 bits per heavy atom. The fourth-order valence-corrected chi connectivity index (χ4v) is 7.13. The van der Waals surface area contributed by atoms with Crippen LogP contribution in [0.25, 0.3) is 10.9 Å². The molecule has 0 aliphatic carbocycles. The van der Waals surface area contributed by atoms with E-state index in [9.17, 15) is 13.5 Å². The van der Waals surface area contributed by atoms with Crippen molar-refractivity contribution in [2.24, 2.45) is 0 Å². The van der Waals surface area contributed by atoms with Crippen molar-refractivity contribution < 1.29 is 13.5 Å². The summed E-state index contributed by atoms with van der Waals surface area (Å²) in [5.74, 6) is 0.742. The van der Waals surface area contributed by atoms with Crippen molar-refractivity contribution in [3.8, 4) is 5.75 Å². The molecule has 0 unspecified atom stereocenters. The molecular formula is C31H28Cl2N4O3S. The number of nitrogens with zero attached hydrogens (tertiary/aromatic N) is 2. The lowest BCUT2D eigenvalue weighted by Crippen LogP contribution is -2.42. The lowest BCUT2D eigenvalue weighted by molar-refractivity contribution is 0.329. The highest BCUT2D eigenvalue weighted by Crippen LogP contribution is 2.36. The first kappa shape index (κ1) is 27.6. The minimum absolute atomic E-state index is 0.0360. The van der Waals surface area contributed by atoms with E-state index in [0.717, 1.165) is 33.4 Å². The van der Waals surface area contributed by atoms with Crippen LogP contribution in [0.1, 0.15) is 35.4 Å². The number of H-pyrrole nitrogens is 1. The van der Waals surface area contributed by atoms with Crippen molar-refractivity contribution in [1.29, 1.82) is 0 Å². The standard InChI is InChI=1S/C31H28Cl2N4O3S/c32-23-6-1-20(2-7-23)30(21-3-8-24(33)9-4-21)22-5-14-29-28(19-22)31(36-35-29)34-25-15-17-37(18-16-25)41(39,40)27-12-10-26(38)11-13-27/h1-14,19,25,30,38H,15-18H2,(H2,34,35,36). The number of aromatic hydroxyl groups is 1. The number of hydrogen-bond donors (Lipinski definition) is 3. The van der Waals surface area contributed by atoms with Gasteiger partial charge >= 0.3 is 0 Å². The first-order valence-electron chi connectivity index (χ1n) is 13.3. The monoisotopic (exact) mass is 606 g/mol. The molecule has 41 heavy (non-hydrogen) atoms. The molecule has 6 rings (SSSR count). The molecule has 0 radical (unpaired) electrons. The zero-order chi connectivity index (χ0) is 28.6. The molecule has 0 amide bonds. The average Bonchev–Trinajstić information content (AvgIpc) is 3.37. The highest BCUT2D eigenvalue weighted by atomic mass is 35.5. The van der Waals surface area contributed by atoms with Gasteiger partial charge in [0.2, 0.25) is 10.0 Å². The molecule has 7 nitrogen and oxygen atoms in total. The van der Waals surface area contributed by atoms with Crippen LogP contribution in [0, 0.1) is 0 Å². The van der Waals surface area contributed by atoms with Crippen molar-refractivity contribution in [3.63, 3.8) is 0 Å². The molecule has 4 aromatic carbocycles. The maximum absolute atomic E-state index is 13.1. The summed E-state index contributed by atoms with van der Waals surface area (Å²) >= 11 is 12.4. The summed E-state index contributed by atoms with van der Waals surface area (Å²) in [6.45, 7) is 0.785. The van der Waals surface area contributed by atoms with Crippen LogP contribution in [-0.4, -0.2) is 47.2 Å². The number of aromatic nitrogens is 2. The topological polar surface area (TPSA) is 98.3 Å². The maximum Gasteiger partial charge on any atom is 0.243 e. The fourth-order valence-electron chi connectivity index (χ4n) is 5.41. The number of anilines is 1. The fraction of sp³-hybridized carbons (Fsp3) is 0.194. The number of hydrogen-bond acceptors (Lipinski definition) is 5. The molecule has 1 aliphatic rings. The van der Waals surface area contributed by atoms with E-state index in [-0.39, 0.29) is 22.6 Å². The van der Waals surface area contributed by atoms with Crippen LogP contribution in [0.3, 0.4) is 0 Å². The molecule has 1 aromatic heterocycles. The molecule has 0 bridgehead atoms. The number of fused-ring (bicyclic) bond motifs is 1. The molecule has 3 N–H and O–H groups in total. The number of piperidine rings is 1. The van der Waals surface area contributed by atoms with Gasteiger partial charge in [-0.2, -0.15) is 9.40 Å². The average molecular weight is 608 g/mol. The SMILES string of the molecule is O=S(=O)(c1ccc(O)cc1)N1CCC(Nc2n[nH]c3ccc(C(c4ccc(Cl)cc4)c4ccc(Cl)cc4)cc23)CC1. The van der Waals surface area contributed by atoms with Crippen LogP contribution in [0.15, 0.2) is 95.9 Å². The molecular weight excluding hydrogens is 579 g/mol. The summed E-state index contributed by atoms with van der Waals surface area (Å²) in [7, 11) is -3.62. The Balaban J connectivity index is 1.24. The Hall–Kier alpha value is -3.56. The van der Waals surface area contributed by atoms with Crippen molar-refractivity contribution in [1.82, 2.24) is 14.5 Å². The Morgan fingerprint density at radius 2 is 1.39 bits per heavy atom. The number of phenolic OH excluding ortho intramolecular Hbond substituents is 1. The number of halogens is 2. The van der Waals surface area contributed by atoms with E-state index in [4.69, 9.17) is 23.2 Å². The van der Waals surface area contributed by atoms with Gasteiger partial charge in [-0.15, -0.1) is 0 Å². The van der Waals surface area contributed by atoms with Gasteiger partial charge in [-0.25, -0.2) is 8.42 Å². The van der Waals surface area contributed by atoms with Gasteiger partial charge in [0.1, 0.15) is 5.75 Å². The summed E-state index contributed by atoms with van der Waals surface area (Å²) < 4.78 is 27.6. The maximum atomic E-state index is 13.1. The van der Waals surface area contributed by atoms with Gasteiger partial charge in [-0.3, -0.25) is 5.10 Å². The normalized spacial score (nSPS) is 15.0. The highest BCUT2D eigenvalue weighted by molar-refractivity contribution is 7.89. The van der Waals surface area contributed by atoms with Crippen molar-refractivity contribution in [3.05, 3.63) is 118 Å². The molecule has 1 aliphatic heterocycles. The molecule has 0 atom stereocenters. The van der Waals surface area contributed by atoms with E-state index in [0.29, 0.717) is 36.0 Å². The second kappa shape index (κ2) is 11.4. The number of benzene rings is 4. The second-order valence-corrected chi connectivity index (χ2v) is 13.0. The molecule has 1 saturated heterocycles. The van der Waals surface area contributed by atoms with E-state index >= 15 is 0 Å². The summed E-state index contributed by atoms with van der Waals surface area (Å²) in [5.41, 5.74) is 4.23.